The van der Waals surface area contributed by atoms with Crippen LogP contribution in [0.25, 0.3) is 27.5 Å². The van der Waals surface area contributed by atoms with Gasteiger partial charge in [-0.1, -0.05) is 24.3 Å². The number of nitrogens with one attached hydrogen (secondary N) is 2. The maximum atomic E-state index is 12.3. The van der Waals surface area contributed by atoms with Gasteiger partial charge < -0.3 is 15.1 Å². The number of hydrogen-bond donors (Lipinski definition) is 2. The normalized spacial score (nSPS) is 21.0. The molecule has 0 spiro atoms. The van der Waals surface area contributed by atoms with Crippen molar-refractivity contribution in [3.8, 4) is 28.0 Å². The number of anilines is 2. The zero-order chi connectivity index (χ0) is 37.2. The fourth-order valence-electron chi connectivity index (χ4n) is 8.44. The van der Waals surface area contributed by atoms with Crippen LogP contribution in [-0.2, 0) is 9.59 Å². The van der Waals surface area contributed by atoms with Gasteiger partial charge in [0.15, 0.2) is 5.01 Å². The number of hydrogen-bond acceptors (Lipinski definition) is 12. The topological polar surface area (TPSA) is 157 Å². The van der Waals surface area contributed by atoms with Crippen LogP contribution >= 0.6 is 11.3 Å². The van der Waals surface area contributed by atoms with E-state index in [4.69, 9.17) is 15.1 Å². The zero-order valence-electron chi connectivity index (χ0n) is 30.7. The van der Waals surface area contributed by atoms with Crippen molar-refractivity contribution < 1.29 is 9.59 Å². The summed E-state index contributed by atoms with van der Waals surface area (Å²) in [5.41, 5.74) is 5.75. The third-order valence-electron chi connectivity index (χ3n) is 11.5. The summed E-state index contributed by atoms with van der Waals surface area (Å²) in [7, 11) is 1.91. The Bertz CT molecular complexity index is 2180. The molecule has 5 aromatic heterocycles. The summed E-state index contributed by atoms with van der Waals surface area (Å²) >= 11 is 1.68. The smallest absolute Gasteiger partial charge is 0.234 e. The molecule has 8 rings (SSSR count). The minimum atomic E-state index is -0.299. The van der Waals surface area contributed by atoms with E-state index in [1.807, 2.05) is 55.8 Å². The molecule has 1 aliphatic carbocycles. The predicted molar refractivity (Wildman–Crippen MR) is 208 cm³/mol. The lowest BCUT2D eigenvalue weighted by atomic mass is 9.85. The van der Waals surface area contributed by atoms with Crippen LogP contribution in [0.2, 0.25) is 0 Å². The number of carbonyl (C=O) groups excluding carboxylic acids is 2. The van der Waals surface area contributed by atoms with Crippen molar-refractivity contribution in [3.63, 3.8) is 0 Å². The molecule has 14 heteroatoms. The first-order valence-electron chi connectivity index (χ1n) is 19.1. The Morgan fingerprint density at radius 3 is 2.54 bits per heavy atom. The number of aromatic nitrogens is 6. The minimum absolute atomic E-state index is 0.193. The summed E-state index contributed by atoms with van der Waals surface area (Å²) in [4.78, 5) is 38.4. The van der Waals surface area contributed by atoms with Gasteiger partial charge in [-0.05, 0) is 93.3 Å². The summed E-state index contributed by atoms with van der Waals surface area (Å²) in [6.45, 7) is 6.46. The molecule has 2 aliphatic heterocycles. The standard InChI is InChI=1S/C40H45N11O2S/c1-3-49(24-25-14-16-50(17-15-25)36-12-6-28(22-44-36)31-10-13-37(52)46-38(31)53)29-7-4-27(5-8-29)39-47-48-40(54-39)32-23-43-34(19-33(32)42-2)35-11-9-30-18-26(20-41)21-45-51(30)35/h6,9,11-12,18-19,21-23,25,27,29,31H,3-5,7-8,10,13-17,24H2,1-2H3,(H,42,43)(H,46,52,53)/t27?,29?,31-/m0/s1. The van der Waals surface area contributed by atoms with Crippen LogP contribution in [0.4, 0.5) is 11.5 Å². The molecule has 0 aromatic carbocycles. The van der Waals surface area contributed by atoms with E-state index in [2.05, 4.69) is 43.6 Å². The van der Waals surface area contributed by atoms with Crippen LogP contribution in [-0.4, -0.2) is 85.8 Å². The second kappa shape index (κ2) is 15.6. The van der Waals surface area contributed by atoms with Crippen LogP contribution < -0.4 is 15.5 Å². The van der Waals surface area contributed by atoms with Crippen molar-refractivity contribution in [2.24, 2.45) is 5.92 Å². The van der Waals surface area contributed by atoms with Crippen molar-refractivity contribution in [1.82, 2.24) is 40.0 Å². The quantitative estimate of drug-likeness (QED) is 0.162. The Morgan fingerprint density at radius 1 is 0.981 bits per heavy atom. The van der Waals surface area contributed by atoms with E-state index in [0.29, 0.717) is 36.3 Å². The second-order valence-electron chi connectivity index (χ2n) is 14.7. The van der Waals surface area contributed by atoms with E-state index in [1.54, 1.807) is 22.0 Å². The van der Waals surface area contributed by atoms with E-state index in [0.717, 1.165) is 101 Å². The minimum Gasteiger partial charge on any atom is -0.387 e. The number of carbonyl (C=O) groups is 2. The number of nitriles is 1. The number of piperidine rings is 2. The van der Waals surface area contributed by atoms with E-state index in [-0.39, 0.29) is 17.7 Å². The molecule has 0 radical (unpaired) electrons. The van der Waals surface area contributed by atoms with E-state index in [9.17, 15) is 14.9 Å². The third kappa shape index (κ3) is 7.30. The molecule has 0 unspecified atom stereocenters. The molecule has 1 atom stereocenters. The van der Waals surface area contributed by atoms with Crippen LogP contribution in [0.1, 0.15) is 86.3 Å². The lowest BCUT2D eigenvalue weighted by Crippen LogP contribution is -2.44. The molecular formula is C40H45N11O2S. The van der Waals surface area contributed by atoms with E-state index < -0.39 is 0 Å². The number of nitrogens with zero attached hydrogens (tertiary/aromatic N) is 9. The highest BCUT2D eigenvalue weighted by atomic mass is 32.1. The Kier molecular flexibility index (Phi) is 10.3. The largest absolute Gasteiger partial charge is 0.387 e. The fraction of sp³-hybridized carbons (Fsp3) is 0.450. The van der Waals surface area contributed by atoms with Crippen LogP contribution in [0.3, 0.4) is 0 Å². The van der Waals surface area contributed by atoms with Crippen LogP contribution in [0, 0.1) is 17.2 Å². The zero-order valence-corrected chi connectivity index (χ0v) is 31.6. The van der Waals surface area contributed by atoms with Crippen molar-refractivity contribution in [2.75, 3.05) is 43.4 Å². The number of fused-ring (bicyclic) bond motifs is 1. The van der Waals surface area contributed by atoms with Crippen LogP contribution in [0.5, 0.6) is 0 Å². The summed E-state index contributed by atoms with van der Waals surface area (Å²) in [5.74, 6) is 1.34. The monoisotopic (exact) mass is 743 g/mol. The van der Waals surface area contributed by atoms with Gasteiger partial charge in [-0.3, -0.25) is 19.9 Å². The summed E-state index contributed by atoms with van der Waals surface area (Å²) in [6.07, 6.45) is 13.0. The number of imide groups is 1. The lowest BCUT2D eigenvalue weighted by Gasteiger charge is -2.40. The van der Waals surface area contributed by atoms with Crippen molar-refractivity contribution in [1.29, 1.82) is 5.26 Å². The van der Waals surface area contributed by atoms with E-state index in [1.165, 1.54) is 12.8 Å². The van der Waals surface area contributed by atoms with Gasteiger partial charge in [-0.15, -0.1) is 10.2 Å². The van der Waals surface area contributed by atoms with Gasteiger partial charge >= 0.3 is 0 Å². The summed E-state index contributed by atoms with van der Waals surface area (Å²) < 4.78 is 1.80. The molecule has 3 fully saturated rings. The molecule has 2 saturated heterocycles. The Labute approximate surface area is 318 Å². The van der Waals surface area contributed by atoms with Gasteiger partial charge in [0.05, 0.1) is 40.1 Å². The second-order valence-corrected chi connectivity index (χ2v) is 15.7. The maximum Gasteiger partial charge on any atom is 0.234 e. The predicted octanol–water partition coefficient (Wildman–Crippen LogP) is 6.01. The molecule has 1 saturated carbocycles. The Balaban J connectivity index is 0.839. The third-order valence-corrected chi connectivity index (χ3v) is 12.7. The first kappa shape index (κ1) is 35.8. The molecule has 0 bridgehead atoms. The Hall–Kier alpha value is -5.26. The Morgan fingerprint density at radius 2 is 1.81 bits per heavy atom. The molecule has 278 valence electrons. The highest BCUT2D eigenvalue weighted by molar-refractivity contribution is 7.14. The fourth-order valence-corrected chi connectivity index (χ4v) is 9.47. The lowest BCUT2D eigenvalue weighted by molar-refractivity contribution is -0.134. The maximum absolute atomic E-state index is 12.3. The van der Waals surface area contributed by atoms with Gasteiger partial charge in [0.25, 0.3) is 0 Å². The van der Waals surface area contributed by atoms with E-state index >= 15 is 0 Å². The number of amides is 2. The number of rotatable bonds is 10. The van der Waals surface area contributed by atoms with Gasteiger partial charge in [-0.2, -0.15) is 10.4 Å². The molecule has 2 amide bonds. The highest BCUT2D eigenvalue weighted by Gasteiger charge is 2.32. The molecule has 7 heterocycles. The van der Waals surface area contributed by atoms with Gasteiger partial charge in [0.2, 0.25) is 11.8 Å². The van der Waals surface area contributed by atoms with Crippen molar-refractivity contribution in [3.05, 3.63) is 71.1 Å². The SMILES string of the molecule is CCN(CC1CCN(c2ccc([C@@H]3CCC(=O)NC3=O)cn2)CC1)C1CCC(c2nnc(-c3cnc(-c4ccc5cc(C#N)cnn45)cc3NC)s2)CC1. The molecule has 13 nitrogen and oxygen atoms in total. The van der Waals surface area contributed by atoms with Gasteiger partial charge in [0.1, 0.15) is 16.9 Å². The molecule has 2 N–H and O–H groups in total. The van der Waals surface area contributed by atoms with Gasteiger partial charge in [-0.25, -0.2) is 9.50 Å². The van der Waals surface area contributed by atoms with Gasteiger partial charge in [0, 0.05) is 63.1 Å². The molecular weight excluding hydrogens is 699 g/mol. The van der Waals surface area contributed by atoms with Crippen LogP contribution in [0.15, 0.2) is 55.0 Å². The average molecular weight is 744 g/mol. The summed E-state index contributed by atoms with van der Waals surface area (Å²) in [6, 6.07) is 14.5. The number of pyridine rings is 2. The van der Waals surface area contributed by atoms with Crippen molar-refractivity contribution in [2.45, 2.75) is 76.2 Å². The summed E-state index contributed by atoms with van der Waals surface area (Å²) in [5, 5.41) is 30.8. The van der Waals surface area contributed by atoms with Crippen molar-refractivity contribution >= 4 is 40.2 Å². The first-order valence-corrected chi connectivity index (χ1v) is 19.9. The first-order chi connectivity index (χ1) is 26.4. The average Bonchev–Trinajstić information content (AvgIpc) is 3.88. The molecule has 5 aromatic rings. The highest BCUT2D eigenvalue weighted by Crippen LogP contribution is 2.40. The molecule has 3 aliphatic rings. The molecule has 54 heavy (non-hydrogen) atoms.